The second kappa shape index (κ2) is 17.9. The van der Waals surface area contributed by atoms with Crippen molar-refractivity contribution < 1.29 is 0 Å². The quantitative estimate of drug-likeness (QED) is 0.0931. The van der Waals surface area contributed by atoms with Gasteiger partial charge in [0.2, 0.25) is 0 Å². The lowest BCUT2D eigenvalue weighted by atomic mass is 9.70. The Morgan fingerprint density at radius 2 is 0.757 bits per heavy atom. The molecule has 0 spiro atoms. The fraction of sp³-hybridized carbons (Fsp3) is 0.636. The number of hydrogen-bond donors (Lipinski definition) is 0. The van der Waals surface area contributed by atoms with Crippen molar-refractivity contribution in [2.45, 2.75) is 121 Å². The highest BCUT2D eigenvalue weighted by Crippen LogP contribution is 2.55. The first-order valence-electron chi connectivity index (χ1n) is 14.8. The third-order valence-electron chi connectivity index (χ3n) is 8.26. The average molecular weight is 762 g/mol. The largest absolute Gasteiger partial charge is 0.0928 e. The van der Waals surface area contributed by atoms with Crippen molar-refractivity contribution in [2.24, 2.45) is 0 Å². The van der Waals surface area contributed by atoms with Crippen LogP contribution in [-0.4, -0.2) is 10.7 Å². The summed E-state index contributed by atoms with van der Waals surface area (Å²) in [6, 6.07) is 14.0. The van der Waals surface area contributed by atoms with Crippen LogP contribution in [0.3, 0.4) is 0 Å². The van der Waals surface area contributed by atoms with Crippen LogP contribution >= 0.6 is 63.7 Å². The molecule has 1 aliphatic carbocycles. The van der Waals surface area contributed by atoms with Crippen LogP contribution in [0.25, 0.3) is 11.1 Å². The lowest BCUT2D eigenvalue weighted by Crippen LogP contribution is -2.25. The van der Waals surface area contributed by atoms with Gasteiger partial charge >= 0.3 is 0 Å². The van der Waals surface area contributed by atoms with Crippen LogP contribution in [0.15, 0.2) is 45.3 Å². The maximum atomic E-state index is 3.82. The van der Waals surface area contributed by atoms with E-state index in [0.29, 0.717) is 0 Å². The fourth-order valence-electron chi connectivity index (χ4n) is 6.27. The summed E-state index contributed by atoms with van der Waals surface area (Å²) in [6.07, 6.45) is 24.5. The van der Waals surface area contributed by atoms with E-state index in [0.717, 1.165) is 10.7 Å². The van der Waals surface area contributed by atoms with E-state index in [1.54, 1.807) is 11.1 Å². The van der Waals surface area contributed by atoms with Crippen LogP contribution < -0.4 is 0 Å². The maximum absolute atomic E-state index is 3.82. The molecule has 2 aromatic carbocycles. The van der Waals surface area contributed by atoms with Gasteiger partial charge in [-0.3, -0.25) is 0 Å². The van der Waals surface area contributed by atoms with Gasteiger partial charge < -0.3 is 0 Å². The molecule has 1 aliphatic rings. The number of unbranched alkanes of at least 4 members (excludes halogenated alkanes) is 14. The van der Waals surface area contributed by atoms with Crippen molar-refractivity contribution in [3.63, 3.8) is 0 Å². The molecule has 37 heavy (non-hydrogen) atoms. The van der Waals surface area contributed by atoms with Gasteiger partial charge in [0.15, 0.2) is 0 Å². The summed E-state index contributed by atoms with van der Waals surface area (Å²) < 4.78 is 2.43. The molecule has 0 saturated carbocycles. The minimum Gasteiger partial charge on any atom is -0.0928 e. The van der Waals surface area contributed by atoms with Gasteiger partial charge in [-0.1, -0.05) is 166 Å². The van der Waals surface area contributed by atoms with Crippen LogP contribution in [0, 0.1) is 0 Å². The number of benzene rings is 2. The summed E-state index contributed by atoms with van der Waals surface area (Å²) in [5.74, 6) is 0. The molecule has 0 atom stereocenters. The second-order valence-electron chi connectivity index (χ2n) is 11.0. The Balaban J connectivity index is 1.64. The highest BCUT2D eigenvalue weighted by atomic mass is 79.9. The van der Waals surface area contributed by atoms with Crippen molar-refractivity contribution >= 4 is 63.7 Å². The number of rotatable bonds is 20. The maximum Gasteiger partial charge on any atom is 0.0216 e. The van der Waals surface area contributed by atoms with Gasteiger partial charge in [0.1, 0.15) is 0 Å². The van der Waals surface area contributed by atoms with Gasteiger partial charge in [-0.2, -0.15) is 0 Å². The van der Waals surface area contributed by atoms with Crippen LogP contribution in [0.2, 0.25) is 0 Å². The zero-order chi connectivity index (χ0) is 26.3. The predicted octanol–water partition coefficient (Wildman–Crippen LogP) is 13.3. The van der Waals surface area contributed by atoms with Crippen molar-refractivity contribution in [1.82, 2.24) is 0 Å². The summed E-state index contributed by atoms with van der Waals surface area (Å²) in [5, 5.41) is 2.31. The molecule has 0 nitrogen and oxygen atoms in total. The summed E-state index contributed by atoms with van der Waals surface area (Å²) in [6.45, 7) is 0. The van der Waals surface area contributed by atoms with Crippen LogP contribution in [0.1, 0.15) is 127 Å². The van der Waals surface area contributed by atoms with E-state index in [-0.39, 0.29) is 5.41 Å². The number of fused-ring (bicyclic) bond motifs is 3. The standard InChI is InChI=1S/C33H46Br4/c34-23-15-11-7-3-1-5-9-13-21-33(22-14-10-6-2-4-8-12-16-24-35)31-25-27(36)17-19-29(31)30-20-18-28(37)26-32(30)33/h17-20,25-26H,1-16,21-24H2. The van der Waals surface area contributed by atoms with Crippen molar-refractivity contribution in [3.05, 3.63) is 56.5 Å². The zero-order valence-electron chi connectivity index (χ0n) is 22.6. The summed E-state index contributed by atoms with van der Waals surface area (Å²) in [5.41, 5.74) is 6.22. The molecular formula is C33H46Br4. The summed E-state index contributed by atoms with van der Waals surface area (Å²) >= 11 is 14.7. The molecule has 4 heteroatoms. The van der Waals surface area contributed by atoms with Gasteiger partial charge in [0.05, 0.1) is 0 Å². The van der Waals surface area contributed by atoms with E-state index in [2.05, 4.69) is 100 Å². The van der Waals surface area contributed by atoms with E-state index >= 15 is 0 Å². The minimum atomic E-state index is 0.157. The van der Waals surface area contributed by atoms with Gasteiger partial charge in [-0.15, -0.1) is 0 Å². The monoisotopic (exact) mass is 758 g/mol. The Bertz CT molecular complexity index is 847. The molecule has 0 saturated heterocycles. The zero-order valence-corrected chi connectivity index (χ0v) is 29.0. The van der Waals surface area contributed by atoms with Crippen LogP contribution in [-0.2, 0) is 5.41 Å². The molecular weight excluding hydrogens is 716 g/mol. The van der Waals surface area contributed by atoms with Crippen molar-refractivity contribution in [2.75, 3.05) is 10.7 Å². The fourth-order valence-corrected chi connectivity index (χ4v) is 7.78. The Hall–Kier alpha value is 0.360. The molecule has 206 valence electrons. The third kappa shape index (κ3) is 9.75. The Kier molecular flexibility index (Phi) is 15.4. The Morgan fingerprint density at radius 1 is 0.432 bits per heavy atom. The van der Waals surface area contributed by atoms with Crippen molar-refractivity contribution in [3.8, 4) is 11.1 Å². The smallest absolute Gasteiger partial charge is 0.0216 e. The van der Waals surface area contributed by atoms with Gasteiger partial charge in [0.25, 0.3) is 0 Å². The predicted molar refractivity (Wildman–Crippen MR) is 179 cm³/mol. The number of halogens is 4. The van der Waals surface area contributed by atoms with Crippen molar-refractivity contribution in [1.29, 1.82) is 0 Å². The molecule has 0 aliphatic heterocycles. The van der Waals surface area contributed by atoms with Gasteiger partial charge in [0, 0.05) is 25.0 Å². The van der Waals surface area contributed by atoms with E-state index in [4.69, 9.17) is 0 Å². The first kappa shape index (κ1) is 31.9. The minimum absolute atomic E-state index is 0.157. The third-order valence-corrected chi connectivity index (χ3v) is 10.4. The molecule has 0 heterocycles. The van der Waals surface area contributed by atoms with Crippen LogP contribution in [0.4, 0.5) is 0 Å². The molecule has 0 N–H and O–H groups in total. The molecule has 0 bridgehead atoms. The van der Waals surface area contributed by atoms with E-state index in [1.807, 2.05) is 0 Å². The molecule has 3 rings (SSSR count). The van der Waals surface area contributed by atoms with Gasteiger partial charge in [-0.25, -0.2) is 0 Å². The molecule has 0 unspecified atom stereocenters. The lowest BCUT2D eigenvalue weighted by Gasteiger charge is -2.33. The van der Waals surface area contributed by atoms with Gasteiger partial charge in [-0.05, 0) is 72.2 Å². The highest BCUT2D eigenvalue weighted by Gasteiger charge is 2.42. The van der Waals surface area contributed by atoms with E-state index in [9.17, 15) is 0 Å². The Labute approximate surface area is 261 Å². The molecule has 0 radical (unpaired) electrons. The average Bonchev–Trinajstić information content (AvgIpc) is 3.15. The summed E-state index contributed by atoms with van der Waals surface area (Å²) in [4.78, 5) is 0. The molecule has 0 fully saturated rings. The molecule has 0 amide bonds. The topological polar surface area (TPSA) is 0 Å². The SMILES string of the molecule is BrCCCCCCCCCCC1(CCCCCCCCCCBr)c2cc(Br)ccc2-c2ccc(Br)cc21. The molecule has 2 aromatic rings. The van der Waals surface area contributed by atoms with E-state index in [1.165, 1.54) is 136 Å². The Morgan fingerprint density at radius 3 is 1.11 bits per heavy atom. The molecule has 0 aromatic heterocycles. The number of hydrogen-bond acceptors (Lipinski definition) is 0. The normalized spacial score (nSPS) is 13.6. The first-order valence-corrected chi connectivity index (χ1v) is 18.7. The lowest BCUT2D eigenvalue weighted by molar-refractivity contribution is 0.397. The highest BCUT2D eigenvalue weighted by molar-refractivity contribution is 9.11. The first-order chi connectivity index (χ1) is 18.1. The van der Waals surface area contributed by atoms with Crippen LogP contribution in [0.5, 0.6) is 0 Å². The van der Waals surface area contributed by atoms with E-state index < -0.39 is 0 Å². The number of alkyl halides is 2. The summed E-state index contributed by atoms with van der Waals surface area (Å²) in [7, 11) is 0. The second-order valence-corrected chi connectivity index (χ2v) is 14.4.